The van der Waals surface area contributed by atoms with Gasteiger partial charge >= 0.3 is 6.18 Å². The fraction of sp³-hybridized carbons (Fsp3) is 0.321. The molecule has 1 aliphatic carbocycles. The van der Waals surface area contributed by atoms with E-state index in [9.17, 15) is 22.8 Å². The minimum Gasteiger partial charge on any atom is -0.382 e. The number of halogens is 3. The van der Waals surface area contributed by atoms with Crippen LogP contribution in [-0.4, -0.2) is 50.3 Å². The Bertz CT molecular complexity index is 1620. The van der Waals surface area contributed by atoms with Crippen LogP contribution in [0.1, 0.15) is 41.6 Å². The summed E-state index contributed by atoms with van der Waals surface area (Å²) in [6.45, 7) is 1.38. The number of hydrogen-bond donors (Lipinski definition) is 3. The molecule has 3 aromatic heterocycles. The first kappa shape index (κ1) is 26.5. The molecule has 6 rings (SSSR count). The number of nitrogen functional groups attached to an aromatic ring is 1. The van der Waals surface area contributed by atoms with Gasteiger partial charge in [0.15, 0.2) is 0 Å². The van der Waals surface area contributed by atoms with Crippen LogP contribution in [0.15, 0.2) is 55.0 Å². The molecule has 0 radical (unpaired) electrons. The summed E-state index contributed by atoms with van der Waals surface area (Å²) < 4.78 is 40.9. The van der Waals surface area contributed by atoms with Crippen molar-refractivity contribution in [2.45, 2.75) is 37.9 Å². The van der Waals surface area contributed by atoms with Crippen LogP contribution in [0.25, 0.3) is 16.8 Å². The van der Waals surface area contributed by atoms with Gasteiger partial charge in [-0.1, -0.05) is 12.1 Å². The zero-order valence-corrected chi connectivity index (χ0v) is 21.9. The molecule has 212 valence electrons. The van der Waals surface area contributed by atoms with Crippen LogP contribution in [0.3, 0.4) is 0 Å². The van der Waals surface area contributed by atoms with Crippen molar-refractivity contribution in [3.63, 3.8) is 0 Å². The van der Waals surface area contributed by atoms with Crippen LogP contribution in [0, 0.1) is 5.92 Å². The average Bonchev–Trinajstić information content (AvgIpc) is 3.74. The van der Waals surface area contributed by atoms with Gasteiger partial charge < -0.3 is 21.3 Å². The molecule has 1 aliphatic heterocycles. The molecule has 13 heteroatoms. The van der Waals surface area contributed by atoms with E-state index in [4.69, 9.17) is 10.7 Å². The van der Waals surface area contributed by atoms with Crippen molar-refractivity contribution in [1.82, 2.24) is 24.7 Å². The van der Waals surface area contributed by atoms with Gasteiger partial charge in [-0.2, -0.15) is 13.2 Å². The van der Waals surface area contributed by atoms with E-state index >= 15 is 0 Å². The Morgan fingerprint density at radius 3 is 2.54 bits per heavy atom. The fourth-order valence-electron chi connectivity index (χ4n) is 5.06. The molecule has 1 atom stereocenters. The van der Waals surface area contributed by atoms with Crippen LogP contribution in [0.2, 0.25) is 0 Å². The number of aromatic nitrogens is 4. The number of nitrogens with two attached hydrogens (primary N) is 1. The SMILES string of the molecule is Nc1nccn2c(N3CCCC(NC(=O)C4CC4)C3)nc(-c3ccc(C(=O)Nc4cc(C(F)(F)F)ccn4)cc3)c12. The van der Waals surface area contributed by atoms with Gasteiger partial charge in [-0.25, -0.2) is 15.0 Å². The highest BCUT2D eigenvalue weighted by Gasteiger charge is 2.33. The van der Waals surface area contributed by atoms with E-state index in [1.54, 1.807) is 36.7 Å². The zero-order chi connectivity index (χ0) is 28.7. The predicted molar refractivity (Wildman–Crippen MR) is 146 cm³/mol. The number of alkyl halides is 3. The molecule has 1 unspecified atom stereocenters. The number of benzene rings is 1. The Morgan fingerprint density at radius 2 is 1.80 bits per heavy atom. The molecule has 0 bridgehead atoms. The first-order valence-corrected chi connectivity index (χ1v) is 13.3. The number of nitrogens with one attached hydrogen (secondary N) is 2. The van der Waals surface area contributed by atoms with E-state index in [1.807, 2.05) is 4.40 Å². The Morgan fingerprint density at radius 1 is 1.02 bits per heavy atom. The highest BCUT2D eigenvalue weighted by atomic mass is 19.4. The standard InChI is InChI=1S/C28H27F3N8O2/c29-28(30,31)19-9-10-33-21(14-19)36-26(41)18-5-3-16(4-6-18)22-23-24(32)34-11-13-39(23)27(37-22)38-12-1-2-20(15-38)35-25(40)17-7-8-17/h3-6,9-11,13-14,17,20H,1-2,7-8,12,15H2,(H2,32,34)(H,35,40)(H,33,36,41). The van der Waals surface area contributed by atoms with Crippen molar-refractivity contribution in [3.05, 3.63) is 66.1 Å². The van der Waals surface area contributed by atoms with E-state index in [1.165, 1.54) is 0 Å². The predicted octanol–water partition coefficient (Wildman–Crippen LogP) is 4.14. The third kappa shape index (κ3) is 5.52. The van der Waals surface area contributed by atoms with Crippen LogP contribution < -0.4 is 21.3 Å². The molecule has 10 nitrogen and oxygen atoms in total. The lowest BCUT2D eigenvalue weighted by atomic mass is 10.1. The van der Waals surface area contributed by atoms with E-state index in [0.29, 0.717) is 29.3 Å². The monoisotopic (exact) mass is 564 g/mol. The van der Waals surface area contributed by atoms with Gasteiger partial charge in [-0.15, -0.1) is 0 Å². The second-order valence-corrected chi connectivity index (χ2v) is 10.3. The third-order valence-electron chi connectivity index (χ3n) is 7.31. The zero-order valence-electron chi connectivity index (χ0n) is 21.9. The molecule has 1 aromatic carbocycles. The summed E-state index contributed by atoms with van der Waals surface area (Å²) >= 11 is 0. The number of imidazole rings is 1. The first-order valence-electron chi connectivity index (χ1n) is 13.3. The molecule has 2 aliphatic rings. The molecule has 1 saturated carbocycles. The summed E-state index contributed by atoms with van der Waals surface area (Å²) in [6.07, 6.45) is 3.52. The van der Waals surface area contributed by atoms with Gasteiger partial charge in [0.2, 0.25) is 11.9 Å². The van der Waals surface area contributed by atoms with Crippen molar-refractivity contribution < 1.29 is 22.8 Å². The minimum absolute atomic E-state index is 0.0240. The van der Waals surface area contributed by atoms with E-state index in [0.717, 1.165) is 50.6 Å². The number of nitrogens with zero attached hydrogens (tertiary/aromatic N) is 5. The summed E-state index contributed by atoms with van der Waals surface area (Å²) in [7, 11) is 0. The number of rotatable bonds is 6. The number of carbonyl (C=O) groups is 2. The summed E-state index contributed by atoms with van der Waals surface area (Å²) in [5.41, 5.74) is 7.46. The van der Waals surface area contributed by atoms with Crippen LogP contribution >= 0.6 is 0 Å². The number of anilines is 3. The summed E-state index contributed by atoms with van der Waals surface area (Å²) in [4.78, 5) is 40.2. The van der Waals surface area contributed by atoms with Crippen LogP contribution in [-0.2, 0) is 11.0 Å². The van der Waals surface area contributed by atoms with Crippen molar-refractivity contribution in [3.8, 4) is 11.3 Å². The molecule has 2 amide bonds. The highest BCUT2D eigenvalue weighted by Crippen LogP contribution is 2.34. The number of pyridine rings is 1. The van der Waals surface area contributed by atoms with Gasteiger partial charge in [0.25, 0.3) is 5.91 Å². The lowest BCUT2D eigenvalue weighted by Crippen LogP contribution is -2.48. The molecule has 2 fully saturated rings. The first-order chi connectivity index (χ1) is 19.7. The fourth-order valence-corrected chi connectivity index (χ4v) is 5.06. The molecule has 4 heterocycles. The van der Waals surface area contributed by atoms with Crippen LogP contribution in [0.5, 0.6) is 0 Å². The van der Waals surface area contributed by atoms with Crippen molar-refractivity contribution in [1.29, 1.82) is 0 Å². The molecule has 1 saturated heterocycles. The maximum Gasteiger partial charge on any atom is 0.416 e. The molecule has 41 heavy (non-hydrogen) atoms. The van der Waals surface area contributed by atoms with Gasteiger partial charge in [-0.05, 0) is 49.9 Å². The van der Waals surface area contributed by atoms with E-state index < -0.39 is 17.6 Å². The minimum atomic E-state index is -4.55. The van der Waals surface area contributed by atoms with E-state index in [-0.39, 0.29) is 35.1 Å². The third-order valence-corrected chi connectivity index (χ3v) is 7.31. The van der Waals surface area contributed by atoms with Crippen molar-refractivity contribution in [2.75, 3.05) is 29.0 Å². The van der Waals surface area contributed by atoms with Crippen molar-refractivity contribution >= 4 is 34.9 Å². The Balaban J connectivity index is 1.24. The summed E-state index contributed by atoms with van der Waals surface area (Å²) in [5.74, 6) is 0.410. The molecule has 4 N–H and O–H groups in total. The molecular formula is C28H27F3N8O2. The number of carbonyl (C=O) groups excluding carboxylic acids is 2. The van der Waals surface area contributed by atoms with Gasteiger partial charge in [0.1, 0.15) is 22.8 Å². The summed E-state index contributed by atoms with van der Waals surface area (Å²) in [5, 5.41) is 5.58. The van der Waals surface area contributed by atoms with Gasteiger partial charge in [0.05, 0.1) is 5.56 Å². The largest absolute Gasteiger partial charge is 0.416 e. The Kier molecular flexibility index (Phi) is 6.72. The highest BCUT2D eigenvalue weighted by molar-refractivity contribution is 6.04. The lowest BCUT2D eigenvalue weighted by molar-refractivity contribution is -0.137. The normalized spacial score (nSPS) is 17.4. The number of fused-ring (bicyclic) bond motifs is 1. The second kappa shape index (κ2) is 10.4. The number of amides is 2. The topological polar surface area (TPSA) is 131 Å². The maximum atomic E-state index is 13.0. The molecule has 0 spiro atoms. The van der Waals surface area contributed by atoms with Gasteiger partial charge in [0, 0.05) is 54.8 Å². The molecular weight excluding hydrogens is 537 g/mol. The quantitative estimate of drug-likeness (QED) is 0.321. The Labute approximate surface area is 232 Å². The van der Waals surface area contributed by atoms with E-state index in [2.05, 4.69) is 25.5 Å². The molecule has 4 aromatic rings. The Hall–Kier alpha value is -4.68. The van der Waals surface area contributed by atoms with Crippen molar-refractivity contribution in [2.24, 2.45) is 5.92 Å². The maximum absolute atomic E-state index is 13.0. The van der Waals surface area contributed by atoms with Gasteiger partial charge in [-0.3, -0.25) is 14.0 Å². The smallest absolute Gasteiger partial charge is 0.382 e. The van der Waals surface area contributed by atoms with Crippen LogP contribution in [0.4, 0.5) is 30.8 Å². The number of piperidine rings is 1. The lowest BCUT2D eigenvalue weighted by Gasteiger charge is -2.33. The average molecular weight is 565 g/mol. The second-order valence-electron chi connectivity index (χ2n) is 10.3. The summed E-state index contributed by atoms with van der Waals surface area (Å²) in [6, 6.07) is 8.14. The number of hydrogen-bond acceptors (Lipinski definition) is 7.